The number of rotatable bonds is 5. The van der Waals surface area contributed by atoms with Crippen molar-refractivity contribution >= 4 is 76.2 Å². The SMILES string of the molecule is C=Cc1nc(-c2cccc(-n3c4ccccc4c4c5sc6ccccc6c5c5ccccc5c43)c2)nc(-c2ccccc2)c1C=C. The maximum atomic E-state index is 5.12. The Kier molecular flexibility index (Phi) is 5.99. The van der Waals surface area contributed by atoms with E-state index >= 15 is 0 Å². The van der Waals surface area contributed by atoms with Gasteiger partial charge in [-0.15, -0.1) is 11.3 Å². The fraction of sp³-hybridized carbons (Fsp3) is 0. The molecule has 0 fully saturated rings. The van der Waals surface area contributed by atoms with Crippen molar-refractivity contribution in [2.75, 3.05) is 0 Å². The summed E-state index contributed by atoms with van der Waals surface area (Å²) >= 11 is 1.89. The predicted octanol–water partition coefficient (Wildman–Crippen LogP) is 11.7. The Morgan fingerprint density at radius 2 is 1.28 bits per heavy atom. The van der Waals surface area contributed by atoms with E-state index in [9.17, 15) is 0 Å². The van der Waals surface area contributed by atoms with Gasteiger partial charge in [-0.25, -0.2) is 9.97 Å². The first-order valence-electron chi connectivity index (χ1n) is 15.3. The highest BCUT2D eigenvalue weighted by Crippen LogP contribution is 2.48. The van der Waals surface area contributed by atoms with E-state index in [0.29, 0.717) is 5.82 Å². The van der Waals surface area contributed by atoms with Crippen molar-refractivity contribution < 1.29 is 0 Å². The van der Waals surface area contributed by atoms with E-state index in [1.807, 2.05) is 35.6 Å². The van der Waals surface area contributed by atoms with Crippen molar-refractivity contribution in [3.05, 3.63) is 152 Å². The summed E-state index contributed by atoms with van der Waals surface area (Å²) in [7, 11) is 0. The standard InChI is InChI=1S/C42H27N3S/c1-3-29-34(4-2)43-42(44-39(29)26-15-6-5-7-16-26)27-17-14-18-28(25-27)45-35-23-12-10-21-32(35)38-40(45)31-20-9-8-19-30(31)37-33-22-11-13-24-36(33)46-41(37)38/h3-25H,1-2H2. The molecule has 9 rings (SSSR count). The quantitative estimate of drug-likeness (QED) is 0.195. The molecule has 0 aliphatic rings. The van der Waals surface area contributed by atoms with Crippen LogP contribution in [-0.4, -0.2) is 14.5 Å². The maximum absolute atomic E-state index is 5.12. The van der Waals surface area contributed by atoms with Gasteiger partial charge >= 0.3 is 0 Å². The average Bonchev–Trinajstić information content (AvgIpc) is 3.68. The van der Waals surface area contributed by atoms with Gasteiger partial charge < -0.3 is 4.57 Å². The van der Waals surface area contributed by atoms with Gasteiger partial charge in [0.05, 0.1) is 22.4 Å². The Balaban J connectivity index is 1.37. The fourth-order valence-electron chi connectivity index (χ4n) is 6.96. The molecule has 0 aliphatic heterocycles. The van der Waals surface area contributed by atoms with Gasteiger partial charge in [0, 0.05) is 58.7 Å². The highest BCUT2D eigenvalue weighted by molar-refractivity contribution is 7.27. The Labute approximate surface area is 270 Å². The van der Waals surface area contributed by atoms with Gasteiger partial charge in [0.2, 0.25) is 0 Å². The number of hydrogen-bond acceptors (Lipinski definition) is 3. The minimum Gasteiger partial charge on any atom is -0.309 e. The van der Waals surface area contributed by atoms with Gasteiger partial charge in [-0.3, -0.25) is 0 Å². The summed E-state index contributed by atoms with van der Waals surface area (Å²) in [6.07, 6.45) is 3.60. The molecule has 0 saturated carbocycles. The minimum atomic E-state index is 0.652. The van der Waals surface area contributed by atoms with Crippen LogP contribution in [0.15, 0.2) is 141 Å². The Hall–Kier alpha value is -5.84. The number of aromatic nitrogens is 3. The highest BCUT2D eigenvalue weighted by Gasteiger charge is 2.22. The van der Waals surface area contributed by atoms with Crippen LogP contribution in [0.4, 0.5) is 0 Å². The molecule has 46 heavy (non-hydrogen) atoms. The largest absolute Gasteiger partial charge is 0.309 e. The Bertz CT molecular complexity index is 2680. The number of para-hydroxylation sites is 1. The first-order chi connectivity index (χ1) is 22.7. The monoisotopic (exact) mass is 605 g/mol. The molecule has 4 heteroatoms. The molecular weight excluding hydrogens is 579 g/mol. The number of fused-ring (bicyclic) bond motifs is 10. The van der Waals surface area contributed by atoms with E-state index in [-0.39, 0.29) is 0 Å². The molecule has 6 aromatic carbocycles. The lowest BCUT2D eigenvalue weighted by molar-refractivity contribution is 1.14. The molecule has 0 saturated heterocycles. The molecule has 0 radical (unpaired) electrons. The highest BCUT2D eigenvalue weighted by atomic mass is 32.1. The van der Waals surface area contributed by atoms with Crippen LogP contribution in [-0.2, 0) is 0 Å². The van der Waals surface area contributed by atoms with Gasteiger partial charge in [-0.2, -0.15) is 0 Å². The molecule has 3 heterocycles. The van der Waals surface area contributed by atoms with Gasteiger partial charge in [0.15, 0.2) is 5.82 Å². The summed E-state index contributed by atoms with van der Waals surface area (Å²) in [6, 6.07) is 45.2. The zero-order valence-corrected chi connectivity index (χ0v) is 25.8. The summed E-state index contributed by atoms with van der Waals surface area (Å²) in [5.74, 6) is 0.652. The van der Waals surface area contributed by atoms with E-state index in [2.05, 4.69) is 127 Å². The number of thiophene rings is 1. The number of benzene rings is 6. The first kappa shape index (κ1) is 26.6. The predicted molar refractivity (Wildman–Crippen MR) is 198 cm³/mol. The lowest BCUT2D eigenvalue weighted by Crippen LogP contribution is -2.01. The molecule has 0 amide bonds. The van der Waals surface area contributed by atoms with E-state index in [1.165, 1.54) is 52.8 Å². The average molecular weight is 606 g/mol. The van der Waals surface area contributed by atoms with Crippen LogP contribution in [0.5, 0.6) is 0 Å². The fourth-order valence-corrected chi connectivity index (χ4v) is 8.24. The third-order valence-electron chi connectivity index (χ3n) is 8.93. The Morgan fingerprint density at radius 3 is 2.09 bits per heavy atom. The first-order valence-corrected chi connectivity index (χ1v) is 16.1. The molecular formula is C42H27N3S. The molecule has 0 unspecified atom stereocenters. The summed E-state index contributed by atoms with van der Waals surface area (Å²) in [4.78, 5) is 10.1. The molecule has 216 valence electrons. The van der Waals surface area contributed by atoms with Gasteiger partial charge in [-0.1, -0.05) is 122 Å². The van der Waals surface area contributed by atoms with Crippen molar-refractivity contribution in [3.8, 4) is 28.3 Å². The second kappa shape index (κ2) is 10.4. The second-order valence-electron chi connectivity index (χ2n) is 11.4. The summed E-state index contributed by atoms with van der Waals surface area (Å²) in [5, 5.41) is 7.70. The second-order valence-corrected chi connectivity index (χ2v) is 12.5. The van der Waals surface area contributed by atoms with E-state index in [0.717, 1.165) is 33.8 Å². The van der Waals surface area contributed by atoms with E-state index in [4.69, 9.17) is 9.97 Å². The van der Waals surface area contributed by atoms with Crippen molar-refractivity contribution in [2.45, 2.75) is 0 Å². The van der Waals surface area contributed by atoms with Crippen molar-refractivity contribution in [1.29, 1.82) is 0 Å². The number of hydrogen-bond donors (Lipinski definition) is 0. The van der Waals surface area contributed by atoms with Crippen LogP contribution in [0.1, 0.15) is 11.3 Å². The molecule has 0 atom stereocenters. The zero-order chi connectivity index (χ0) is 30.8. The number of nitrogens with zero attached hydrogens (tertiary/aromatic N) is 3. The summed E-state index contributed by atoms with van der Waals surface area (Å²) < 4.78 is 5.05. The van der Waals surface area contributed by atoms with Crippen molar-refractivity contribution in [1.82, 2.24) is 14.5 Å². The zero-order valence-electron chi connectivity index (χ0n) is 24.9. The topological polar surface area (TPSA) is 30.7 Å². The third kappa shape index (κ3) is 3.84. The van der Waals surface area contributed by atoms with Crippen LogP contribution < -0.4 is 0 Å². The third-order valence-corrected chi connectivity index (χ3v) is 10.1. The summed E-state index contributed by atoms with van der Waals surface area (Å²) in [5.41, 5.74) is 7.88. The van der Waals surface area contributed by atoms with Crippen LogP contribution in [0.2, 0.25) is 0 Å². The molecule has 0 spiro atoms. The van der Waals surface area contributed by atoms with Crippen LogP contribution in [0.25, 0.3) is 93.2 Å². The van der Waals surface area contributed by atoms with Gasteiger partial charge in [0.25, 0.3) is 0 Å². The van der Waals surface area contributed by atoms with Crippen LogP contribution >= 0.6 is 11.3 Å². The molecule has 3 nitrogen and oxygen atoms in total. The normalized spacial score (nSPS) is 11.7. The minimum absolute atomic E-state index is 0.652. The van der Waals surface area contributed by atoms with Crippen LogP contribution in [0, 0.1) is 0 Å². The maximum Gasteiger partial charge on any atom is 0.160 e. The smallest absolute Gasteiger partial charge is 0.160 e. The molecule has 3 aromatic heterocycles. The molecule has 0 N–H and O–H groups in total. The Morgan fingerprint density at radius 1 is 0.587 bits per heavy atom. The molecule has 0 bridgehead atoms. The lowest BCUT2D eigenvalue weighted by atomic mass is 9.99. The van der Waals surface area contributed by atoms with E-state index < -0.39 is 0 Å². The van der Waals surface area contributed by atoms with E-state index in [1.54, 1.807) is 6.08 Å². The van der Waals surface area contributed by atoms with Crippen molar-refractivity contribution in [3.63, 3.8) is 0 Å². The van der Waals surface area contributed by atoms with Crippen molar-refractivity contribution in [2.24, 2.45) is 0 Å². The van der Waals surface area contributed by atoms with Gasteiger partial charge in [0.1, 0.15) is 0 Å². The van der Waals surface area contributed by atoms with Crippen LogP contribution in [0.3, 0.4) is 0 Å². The summed E-state index contributed by atoms with van der Waals surface area (Å²) in [6.45, 7) is 8.13. The molecule has 9 aromatic rings. The molecule has 0 aliphatic carbocycles. The van der Waals surface area contributed by atoms with Gasteiger partial charge in [-0.05, 0) is 35.7 Å². The lowest BCUT2D eigenvalue weighted by Gasteiger charge is -2.14.